The first-order valence-corrected chi connectivity index (χ1v) is 12.3. The summed E-state index contributed by atoms with van der Waals surface area (Å²) in [6.45, 7) is 11.8. The minimum absolute atomic E-state index is 0.0364. The summed E-state index contributed by atoms with van der Waals surface area (Å²) in [5, 5.41) is 19.6. The van der Waals surface area contributed by atoms with Crippen LogP contribution >= 0.6 is 0 Å². The molecule has 5 nitrogen and oxygen atoms in total. The van der Waals surface area contributed by atoms with Crippen molar-refractivity contribution < 1.29 is 15.0 Å². The molecular weight excluding hydrogens is 412 g/mol. The second-order valence-electron chi connectivity index (χ2n) is 10.7. The number of piperazine rings is 1. The maximum Gasteiger partial charge on any atom is 0.223 e. The lowest BCUT2D eigenvalue weighted by Crippen LogP contribution is -2.66. The van der Waals surface area contributed by atoms with Gasteiger partial charge in [0, 0.05) is 38.1 Å². The fourth-order valence-electron chi connectivity index (χ4n) is 5.81. The van der Waals surface area contributed by atoms with Gasteiger partial charge in [-0.3, -0.25) is 9.69 Å². The molecule has 0 radical (unpaired) electrons. The van der Waals surface area contributed by atoms with Crippen molar-refractivity contribution in [3.05, 3.63) is 59.7 Å². The van der Waals surface area contributed by atoms with Gasteiger partial charge in [0.2, 0.25) is 5.91 Å². The van der Waals surface area contributed by atoms with E-state index >= 15 is 0 Å². The second kappa shape index (κ2) is 9.38. The van der Waals surface area contributed by atoms with E-state index in [0.717, 1.165) is 31.6 Å². The molecule has 2 aromatic carbocycles. The molecule has 2 fully saturated rings. The summed E-state index contributed by atoms with van der Waals surface area (Å²) in [5.74, 6) is 1.65. The van der Waals surface area contributed by atoms with Gasteiger partial charge in [0.05, 0.1) is 0 Å². The number of aromatic hydroxyl groups is 2. The molecule has 0 spiro atoms. The van der Waals surface area contributed by atoms with Gasteiger partial charge < -0.3 is 15.1 Å². The average molecular weight is 451 g/mol. The first-order valence-electron chi connectivity index (χ1n) is 12.3. The zero-order chi connectivity index (χ0) is 23.8. The molecule has 2 aliphatic heterocycles. The van der Waals surface area contributed by atoms with Crippen molar-refractivity contribution in [1.29, 1.82) is 0 Å². The number of phenols is 2. The molecule has 2 aromatic rings. The summed E-state index contributed by atoms with van der Waals surface area (Å²) in [4.78, 5) is 18.1. The average Bonchev–Trinajstić information content (AvgIpc) is 2.78. The van der Waals surface area contributed by atoms with Crippen LogP contribution in [0.3, 0.4) is 0 Å². The maximum atomic E-state index is 13.4. The fourth-order valence-corrected chi connectivity index (χ4v) is 5.81. The molecule has 4 atom stereocenters. The van der Waals surface area contributed by atoms with Crippen molar-refractivity contribution in [2.75, 3.05) is 19.6 Å². The lowest BCUT2D eigenvalue weighted by Gasteiger charge is -2.56. The van der Waals surface area contributed by atoms with E-state index in [9.17, 15) is 15.0 Å². The number of benzene rings is 2. The molecule has 0 saturated carbocycles. The van der Waals surface area contributed by atoms with Crippen molar-refractivity contribution in [1.82, 2.24) is 9.80 Å². The number of amides is 1. The van der Waals surface area contributed by atoms with Crippen LogP contribution in [0.2, 0.25) is 0 Å². The van der Waals surface area contributed by atoms with Gasteiger partial charge in [-0.05, 0) is 65.5 Å². The second-order valence-corrected chi connectivity index (χ2v) is 10.7. The highest BCUT2D eigenvalue weighted by Gasteiger charge is 2.47. The van der Waals surface area contributed by atoms with Crippen molar-refractivity contribution in [3.8, 4) is 11.5 Å². The van der Waals surface area contributed by atoms with Crippen molar-refractivity contribution in [2.45, 2.75) is 64.5 Å². The van der Waals surface area contributed by atoms with Crippen LogP contribution in [0.4, 0.5) is 0 Å². The van der Waals surface area contributed by atoms with Crippen molar-refractivity contribution in [2.24, 2.45) is 11.8 Å². The Bertz CT molecular complexity index is 973. The summed E-state index contributed by atoms with van der Waals surface area (Å²) >= 11 is 0. The third-order valence-corrected chi connectivity index (χ3v) is 8.16. The molecule has 2 heterocycles. The number of phenolic OH excluding ortho intramolecular Hbond substituents is 2. The number of hydrogen-bond acceptors (Lipinski definition) is 4. The standard InChI is InChI=1S/C28H38N2O3/c1-19(2)26-18-29-16-20(3)28(4,22-6-5-7-25(32)14-22)15-23(29)17-30(26)27(33)13-10-21-8-11-24(31)12-9-21/h5-9,11-12,14,19-20,23,26,31-32H,10,13,15-18H2,1-4H3/t20-,23+,26+,28+/m0/s1. The number of aryl methyl sites for hydroxylation is 1. The molecule has 2 N–H and O–H groups in total. The molecule has 0 aliphatic carbocycles. The van der Waals surface area contributed by atoms with E-state index in [1.165, 1.54) is 5.56 Å². The first kappa shape index (κ1) is 23.6. The van der Waals surface area contributed by atoms with Gasteiger partial charge in [-0.2, -0.15) is 0 Å². The Kier molecular flexibility index (Phi) is 6.71. The van der Waals surface area contributed by atoms with E-state index < -0.39 is 0 Å². The minimum Gasteiger partial charge on any atom is -0.508 e. The molecule has 0 unspecified atom stereocenters. The largest absolute Gasteiger partial charge is 0.508 e. The van der Waals surface area contributed by atoms with Crippen LogP contribution in [0.1, 0.15) is 51.7 Å². The van der Waals surface area contributed by atoms with E-state index in [0.29, 0.717) is 36.5 Å². The van der Waals surface area contributed by atoms with Crippen LogP contribution < -0.4 is 0 Å². The van der Waals surface area contributed by atoms with Crippen LogP contribution in [-0.4, -0.2) is 57.6 Å². The number of fused-ring (bicyclic) bond motifs is 1. The number of carbonyl (C=O) groups is 1. The van der Waals surface area contributed by atoms with E-state index in [2.05, 4.69) is 43.6 Å². The zero-order valence-corrected chi connectivity index (χ0v) is 20.4. The highest BCUT2D eigenvalue weighted by molar-refractivity contribution is 5.77. The Morgan fingerprint density at radius 2 is 1.79 bits per heavy atom. The van der Waals surface area contributed by atoms with Gasteiger partial charge >= 0.3 is 0 Å². The van der Waals surface area contributed by atoms with Gasteiger partial charge in [0.15, 0.2) is 0 Å². The summed E-state index contributed by atoms with van der Waals surface area (Å²) in [5.41, 5.74) is 2.22. The van der Waals surface area contributed by atoms with E-state index in [1.807, 2.05) is 24.3 Å². The van der Waals surface area contributed by atoms with Crippen LogP contribution in [-0.2, 0) is 16.6 Å². The lowest BCUT2D eigenvalue weighted by molar-refractivity contribution is -0.142. The fraction of sp³-hybridized carbons (Fsp3) is 0.536. The highest BCUT2D eigenvalue weighted by Crippen LogP contribution is 2.44. The predicted molar refractivity (Wildman–Crippen MR) is 131 cm³/mol. The third-order valence-electron chi connectivity index (χ3n) is 8.16. The van der Waals surface area contributed by atoms with Crippen molar-refractivity contribution >= 4 is 5.91 Å². The molecule has 0 bridgehead atoms. The predicted octanol–water partition coefficient (Wildman–Crippen LogP) is 4.57. The van der Waals surface area contributed by atoms with Crippen LogP contribution in [0, 0.1) is 11.8 Å². The van der Waals surface area contributed by atoms with Crippen LogP contribution in [0.5, 0.6) is 11.5 Å². The maximum absolute atomic E-state index is 13.4. The molecule has 2 saturated heterocycles. The normalized spacial score (nSPS) is 28.0. The number of hydrogen-bond donors (Lipinski definition) is 2. The first-order chi connectivity index (χ1) is 15.7. The molecule has 2 aliphatic rings. The highest BCUT2D eigenvalue weighted by atomic mass is 16.3. The Morgan fingerprint density at radius 1 is 1.06 bits per heavy atom. The van der Waals surface area contributed by atoms with Gasteiger partial charge in [0.1, 0.15) is 11.5 Å². The smallest absolute Gasteiger partial charge is 0.223 e. The molecule has 0 aromatic heterocycles. The SMILES string of the molecule is CC(C)[C@H]1CN2C[C@H](C)[C@](C)(c3cccc(O)c3)C[C@@H]2CN1C(=O)CCc1ccc(O)cc1. The molecular formula is C28H38N2O3. The Balaban J connectivity index is 1.51. The summed E-state index contributed by atoms with van der Waals surface area (Å²) in [6, 6.07) is 15.4. The zero-order valence-electron chi connectivity index (χ0n) is 20.4. The number of nitrogens with zero attached hydrogens (tertiary/aromatic N) is 2. The van der Waals surface area contributed by atoms with Gasteiger partial charge in [-0.1, -0.05) is 52.0 Å². The van der Waals surface area contributed by atoms with E-state index in [-0.39, 0.29) is 23.1 Å². The Morgan fingerprint density at radius 3 is 2.45 bits per heavy atom. The summed E-state index contributed by atoms with van der Waals surface area (Å²) in [7, 11) is 0. The third kappa shape index (κ3) is 4.89. The molecule has 4 rings (SSSR count). The quantitative estimate of drug-likeness (QED) is 0.701. The van der Waals surface area contributed by atoms with E-state index in [1.54, 1.807) is 18.2 Å². The molecule has 1 amide bonds. The minimum atomic E-state index is -0.0364. The molecule has 5 heteroatoms. The van der Waals surface area contributed by atoms with E-state index in [4.69, 9.17) is 0 Å². The van der Waals surface area contributed by atoms with Gasteiger partial charge in [0.25, 0.3) is 0 Å². The monoisotopic (exact) mass is 450 g/mol. The Hall–Kier alpha value is -2.53. The van der Waals surface area contributed by atoms with Crippen molar-refractivity contribution in [3.63, 3.8) is 0 Å². The molecule has 178 valence electrons. The lowest BCUT2D eigenvalue weighted by atomic mass is 9.65. The number of piperidine rings is 1. The van der Waals surface area contributed by atoms with Crippen LogP contribution in [0.15, 0.2) is 48.5 Å². The molecule has 33 heavy (non-hydrogen) atoms. The number of rotatable bonds is 5. The van der Waals surface area contributed by atoms with Gasteiger partial charge in [-0.15, -0.1) is 0 Å². The topological polar surface area (TPSA) is 64.0 Å². The summed E-state index contributed by atoms with van der Waals surface area (Å²) in [6.07, 6.45) is 2.15. The van der Waals surface area contributed by atoms with Gasteiger partial charge in [-0.25, -0.2) is 0 Å². The Labute approximate surface area is 198 Å². The summed E-state index contributed by atoms with van der Waals surface area (Å²) < 4.78 is 0. The number of carbonyl (C=O) groups excluding carboxylic acids is 1. The van der Waals surface area contributed by atoms with Crippen LogP contribution in [0.25, 0.3) is 0 Å².